The van der Waals surface area contributed by atoms with Crippen molar-refractivity contribution in [2.45, 2.75) is 45.3 Å². The molecular weight excluding hydrogens is 392 g/mol. The molecule has 2 atom stereocenters. The van der Waals surface area contributed by atoms with E-state index < -0.39 is 5.60 Å². The van der Waals surface area contributed by atoms with E-state index in [1.54, 1.807) is 12.0 Å². The van der Waals surface area contributed by atoms with Crippen LogP contribution in [-0.4, -0.2) is 42.7 Å². The van der Waals surface area contributed by atoms with Crippen LogP contribution in [-0.2, 0) is 9.53 Å². The van der Waals surface area contributed by atoms with Crippen molar-refractivity contribution >= 4 is 12.0 Å². The summed E-state index contributed by atoms with van der Waals surface area (Å²) in [4.78, 5) is 27.3. The first-order chi connectivity index (χ1) is 14.8. The molecule has 1 N–H and O–H groups in total. The highest BCUT2D eigenvalue weighted by molar-refractivity contribution is 5.81. The Bertz CT molecular complexity index is 875. The van der Waals surface area contributed by atoms with Crippen LogP contribution in [0.4, 0.5) is 4.79 Å². The first kappa shape index (κ1) is 22.7. The van der Waals surface area contributed by atoms with E-state index in [0.29, 0.717) is 13.1 Å². The summed E-state index contributed by atoms with van der Waals surface area (Å²) in [5, 5.41) is 3.21. The quantitative estimate of drug-likeness (QED) is 0.765. The number of methoxy groups -OCH3 is 1. The molecule has 3 rings (SSSR count). The van der Waals surface area contributed by atoms with Crippen LogP contribution in [0.2, 0.25) is 0 Å². The average Bonchev–Trinajstić information content (AvgIpc) is 2.77. The smallest absolute Gasteiger partial charge is 0.410 e. The number of piperidine rings is 1. The second kappa shape index (κ2) is 9.86. The molecule has 6 nitrogen and oxygen atoms in total. The maximum Gasteiger partial charge on any atom is 0.410 e. The standard InChI is InChI=1S/C25H32N2O4/c1-25(2,3)31-24(29)27-16-8-11-20(17-27)23(28)26-22(18-9-6-5-7-10-18)19-12-14-21(30-4)15-13-19/h5-7,9-10,12-15,20,22H,8,11,16-17H2,1-4H3,(H,26,28). The molecule has 1 saturated heterocycles. The fraction of sp³-hybridized carbons (Fsp3) is 0.440. The molecule has 1 aliphatic rings. The maximum absolute atomic E-state index is 13.2. The molecule has 0 spiro atoms. The fourth-order valence-corrected chi connectivity index (χ4v) is 3.74. The number of ether oxygens (including phenoxy) is 2. The van der Waals surface area contributed by atoms with Crippen molar-refractivity contribution < 1.29 is 19.1 Å². The van der Waals surface area contributed by atoms with Crippen molar-refractivity contribution in [1.82, 2.24) is 10.2 Å². The predicted octanol–water partition coefficient (Wildman–Crippen LogP) is 4.55. The summed E-state index contributed by atoms with van der Waals surface area (Å²) in [6.45, 7) is 6.51. The second-order valence-electron chi connectivity index (χ2n) is 8.89. The van der Waals surface area contributed by atoms with E-state index >= 15 is 0 Å². The first-order valence-electron chi connectivity index (χ1n) is 10.7. The third-order valence-electron chi connectivity index (χ3n) is 5.31. The number of nitrogens with zero attached hydrogens (tertiary/aromatic N) is 1. The molecule has 1 fully saturated rings. The summed E-state index contributed by atoms with van der Waals surface area (Å²) in [7, 11) is 1.63. The summed E-state index contributed by atoms with van der Waals surface area (Å²) in [6, 6.07) is 17.3. The molecule has 2 amide bonds. The van der Waals surface area contributed by atoms with Gasteiger partial charge in [-0.1, -0.05) is 42.5 Å². The van der Waals surface area contributed by atoms with Gasteiger partial charge < -0.3 is 19.7 Å². The molecule has 166 valence electrons. The highest BCUT2D eigenvalue weighted by atomic mass is 16.6. The number of rotatable bonds is 5. The summed E-state index contributed by atoms with van der Waals surface area (Å²) in [5.74, 6) is 0.436. The molecule has 6 heteroatoms. The zero-order chi connectivity index (χ0) is 22.4. The zero-order valence-electron chi connectivity index (χ0n) is 18.8. The van der Waals surface area contributed by atoms with E-state index in [0.717, 1.165) is 29.7 Å². The van der Waals surface area contributed by atoms with Crippen LogP contribution in [0.5, 0.6) is 5.75 Å². The van der Waals surface area contributed by atoms with Gasteiger partial charge in [0.25, 0.3) is 0 Å². The molecule has 0 radical (unpaired) electrons. The van der Waals surface area contributed by atoms with Crippen LogP contribution in [0.1, 0.15) is 50.8 Å². The van der Waals surface area contributed by atoms with Gasteiger partial charge in [-0.25, -0.2) is 4.79 Å². The summed E-state index contributed by atoms with van der Waals surface area (Å²) < 4.78 is 10.8. The Morgan fingerprint density at radius 2 is 1.68 bits per heavy atom. The van der Waals surface area contributed by atoms with Crippen molar-refractivity contribution in [2.24, 2.45) is 5.92 Å². The molecule has 1 aliphatic heterocycles. The van der Waals surface area contributed by atoms with E-state index in [4.69, 9.17) is 9.47 Å². The largest absolute Gasteiger partial charge is 0.497 e. The molecule has 1 heterocycles. The number of amides is 2. The van der Waals surface area contributed by atoms with Gasteiger partial charge in [0.2, 0.25) is 5.91 Å². The van der Waals surface area contributed by atoms with Gasteiger partial charge in [0, 0.05) is 13.1 Å². The van der Waals surface area contributed by atoms with Crippen molar-refractivity contribution in [3.8, 4) is 5.75 Å². The lowest BCUT2D eigenvalue weighted by Gasteiger charge is -2.34. The van der Waals surface area contributed by atoms with E-state index in [9.17, 15) is 9.59 Å². The molecular formula is C25H32N2O4. The normalized spacial score (nSPS) is 17.5. The van der Waals surface area contributed by atoms with E-state index in [1.807, 2.05) is 75.4 Å². The van der Waals surface area contributed by atoms with Gasteiger partial charge in [0.1, 0.15) is 11.4 Å². The lowest BCUT2D eigenvalue weighted by Crippen LogP contribution is -2.47. The number of likely N-dealkylation sites (tertiary alicyclic amines) is 1. The third kappa shape index (κ3) is 6.23. The third-order valence-corrected chi connectivity index (χ3v) is 5.31. The van der Waals surface area contributed by atoms with Crippen LogP contribution >= 0.6 is 0 Å². The van der Waals surface area contributed by atoms with Crippen LogP contribution in [0.15, 0.2) is 54.6 Å². The SMILES string of the molecule is COc1ccc(C(NC(=O)C2CCCN(C(=O)OC(C)(C)C)C2)c2ccccc2)cc1. The average molecular weight is 425 g/mol. The van der Waals surface area contributed by atoms with Crippen molar-refractivity contribution in [3.63, 3.8) is 0 Å². The molecule has 2 aromatic rings. The monoisotopic (exact) mass is 424 g/mol. The summed E-state index contributed by atoms with van der Waals surface area (Å²) in [5.41, 5.74) is 1.42. The minimum atomic E-state index is -0.556. The number of benzene rings is 2. The molecule has 2 unspecified atom stereocenters. The molecule has 31 heavy (non-hydrogen) atoms. The Morgan fingerprint density at radius 1 is 1.03 bits per heavy atom. The number of hydrogen-bond donors (Lipinski definition) is 1. The lowest BCUT2D eigenvalue weighted by molar-refractivity contribution is -0.127. The highest BCUT2D eigenvalue weighted by Gasteiger charge is 2.32. The molecule has 0 bridgehead atoms. The van der Waals surface area contributed by atoms with Gasteiger partial charge in [-0.3, -0.25) is 4.79 Å². The predicted molar refractivity (Wildman–Crippen MR) is 120 cm³/mol. The van der Waals surface area contributed by atoms with Crippen LogP contribution in [0, 0.1) is 5.92 Å². The van der Waals surface area contributed by atoms with Crippen LogP contribution in [0.3, 0.4) is 0 Å². The number of carbonyl (C=O) groups excluding carboxylic acids is 2. The van der Waals surface area contributed by atoms with Gasteiger partial charge in [-0.15, -0.1) is 0 Å². The Hall–Kier alpha value is -3.02. The van der Waals surface area contributed by atoms with E-state index in [2.05, 4.69) is 5.32 Å². The van der Waals surface area contributed by atoms with Gasteiger partial charge in [0.05, 0.1) is 19.1 Å². The minimum Gasteiger partial charge on any atom is -0.497 e. The Balaban J connectivity index is 1.74. The minimum absolute atomic E-state index is 0.0575. The van der Waals surface area contributed by atoms with E-state index in [-0.39, 0.29) is 24.0 Å². The Morgan fingerprint density at radius 3 is 2.29 bits per heavy atom. The maximum atomic E-state index is 13.2. The van der Waals surface area contributed by atoms with E-state index in [1.165, 1.54) is 0 Å². The Labute approximate surface area is 184 Å². The topological polar surface area (TPSA) is 67.9 Å². The summed E-state index contributed by atoms with van der Waals surface area (Å²) >= 11 is 0. The van der Waals surface area contributed by atoms with Crippen molar-refractivity contribution in [2.75, 3.05) is 20.2 Å². The highest BCUT2D eigenvalue weighted by Crippen LogP contribution is 2.26. The molecule has 2 aromatic carbocycles. The van der Waals surface area contributed by atoms with Crippen molar-refractivity contribution in [3.05, 3.63) is 65.7 Å². The number of carbonyl (C=O) groups is 2. The van der Waals surface area contributed by atoms with Gasteiger partial charge in [0.15, 0.2) is 0 Å². The number of hydrogen-bond acceptors (Lipinski definition) is 4. The molecule has 0 saturated carbocycles. The second-order valence-corrected chi connectivity index (χ2v) is 8.89. The van der Waals surface area contributed by atoms with Gasteiger partial charge >= 0.3 is 6.09 Å². The van der Waals surface area contributed by atoms with Crippen molar-refractivity contribution in [1.29, 1.82) is 0 Å². The van der Waals surface area contributed by atoms with Gasteiger partial charge in [-0.2, -0.15) is 0 Å². The summed E-state index contributed by atoms with van der Waals surface area (Å²) in [6.07, 6.45) is 1.16. The number of nitrogens with one attached hydrogen (secondary N) is 1. The van der Waals surface area contributed by atoms with Crippen LogP contribution in [0.25, 0.3) is 0 Å². The molecule has 0 aromatic heterocycles. The molecule has 0 aliphatic carbocycles. The van der Waals surface area contributed by atoms with Gasteiger partial charge in [-0.05, 0) is 56.9 Å². The van der Waals surface area contributed by atoms with Crippen LogP contribution < -0.4 is 10.1 Å². The zero-order valence-corrected chi connectivity index (χ0v) is 18.8. The first-order valence-corrected chi connectivity index (χ1v) is 10.7. The fourth-order valence-electron chi connectivity index (χ4n) is 3.74. The lowest BCUT2D eigenvalue weighted by atomic mass is 9.94. The Kier molecular flexibility index (Phi) is 7.21.